The van der Waals surface area contributed by atoms with Crippen molar-refractivity contribution in [3.63, 3.8) is 0 Å². The molecule has 368 valence electrons. The SMILES string of the molecule is CC[C@@H]1OC(=O)[C@H](C)[C@H](O)[C@H](C)[C@H](O[C@H]2O[C@@H](C)C[C@@H](N(C)C)[C@@H]2OC(C)=O)[C@@](C)(C(=O)OC)C[C@@H](C)/C(=N\OC)[C@@H](C)[C@H]2N(NCC[C@@H](C)n3cnc(-c4cccnc4)c3)C(=O)O[C@]12C. The number of nitrogens with one attached hydrogen (secondary N) is 1. The number of carbonyl (C=O) groups excluding carboxylic acids is 4. The fourth-order valence-electron chi connectivity index (χ4n) is 10.4. The van der Waals surface area contributed by atoms with Gasteiger partial charge in [-0.15, -0.1) is 0 Å². The number of aromatic nitrogens is 3. The Bertz CT molecular complexity index is 2000. The van der Waals surface area contributed by atoms with Crippen LogP contribution in [0.4, 0.5) is 4.79 Å². The van der Waals surface area contributed by atoms with Crippen molar-refractivity contribution in [2.45, 2.75) is 155 Å². The number of hydrogen-bond acceptors (Lipinski definition) is 17. The maximum absolute atomic E-state index is 14.5. The third-order valence-electron chi connectivity index (χ3n) is 13.9. The van der Waals surface area contributed by atoms with Crippen molar-refractivity contribution < 1.29 is 57.5 Å². The molecular weight excluding hydrogens is 855 g/mol. The van der Waals surface area contributed by atoms with Crippen molar-refractivity contribution >= 4 is 29.7 Å². The van der Waals surface area contributed by atoms with Crippen molar-refractivity contribution in [2.24, 2.45) is 34.2 Å². The number of esters is 3. The molecule has 0 spiro atoms. The summed E-state index contributed by atoms with van der Waals surface area (Å²) in [6.07, 6.45) is 1.78. The number of aliphatic hydroxyl groups is 1. The Balaban J connectivity index is 1.56. The molecule has 2 aromatic heterocycles. The number of imidazole rings is 1. The molecule has 0 radical (unpaired) electrons. The van der Waals surface area contributed by atoms with Gasteiger partial charge in [0.25, 0.3) is 0 Å². The lowest BCUT2D eigenvalue weighted by atomic mass is 9.67. The molecule has 19 nitrogen and oxygen atoms in total. The number of fused-ring (bicyclic) bond motifs is 1. The smallest absolute Gasteiger partial charge is 0.425 e. The van der Waals surface area contributed by atoms with Crippen LogP contribution in [0.1, 0.15) is 101 Å². The van der Waals surface area contributed by atoms with Crippen molar-refractivity contribution in [3.8, 4) is 11.3 Å². The number of oxime groups is 1. The van der Waals surface area contributed by atoms with E-state index in [1.54, 1.807) is 46.4 Å². The molecule has 0 aliphatic carbocycles. The zero-order valence-electron chi connectivity index (χ0n) is 41.1. The second kappa shape index (κ2) is 22.0. The summed E-state index contributed by atoms with van der Waals surface area (Å²) >= 11 is 0. The largest absolute Gasteiger partial charge is 0.469 e. The van der Waals surface area contributed by atoms with E-state index in [1.807, 2.05) is 76.5 Å². The van der Waals surface area contributed by atoms with Gasteiger partial charge in [0.2, 0.25) is 0 Å². The maximum atomic E-state index is 14.5. The number of nitrogens with zero attached hydrogens (tertiary/aromatic N) is 6. The molecule has 2 aromatic rings. The summed E-state index contributed by atoms with van der Waals surface area (Å²) in [5, 5.41) is 18.2. The molecule has 0 saturated carbocycles. The number of hydrogen-bond donors (Lipinski definition) is 2. The lowest BCUT2D eigenvalue weighted by molar-refractivity contribution is -0.294. The number of ether oxygens (including phenoxy) is 6. The lowest BCUT2D eigenvalue weighted by Gasteiger charge is -2.48. The van der Waals surface area contributed by atoms with Crippen molar-refractivity contribution in [3.05, 3.63) is 37.1 Å². The monoisotopic (exact) mass is 928 g/mol. The van der Waals surface area contributed by atoms with Gasteiger partial charge >= 0.3 is 24.0 Å². The average molecular weight is 928 g/mol. The Morgan fingerprint density at radius 2 is 1.83 bits per heavy atom. The van der Waals surface area contributed by atoms with E-state index in [-0.39, 0.29) is 31.0 Å². The number of methoxy groups -OCH3 is 1. The first-order chi connectivity index (χ1) is 31.1. The summed E-state index contributed by atoms with van der Waals surface area (Å²) in [6.45, 7) is 17.8. The fraction of sp³-hybridized carbons (Fsp3) is 0.723. The summed E-state index contributed by atoms with van der Waals surface area (Å²) in [5.74, 6) is -5.31. The van der Waals surface area contributed by atoms with E-state index in [4.69, 9.17) is 33.3 Å². The molecule has 5 rings (SSSR count). The molecule has 3 aliphatic heterocycles. The van der Waals surface area contributed by atoms with E-state index in [9.17, 15) is 24.3 Å². The fourth-order valence-corrected chi connectivity index (χ4v) is 10.4. The van der Waals surface area contributed by atoms with E-state index in [2.05, 4.69) is 20.5 Å². The Morgan fingerprint density at radius 3 is 2.44 bits per heavy atom. The first-order valence-corrected chi connectivity index (χ1v) is 23.0. The summed E-state index contributed by atoms with van der Waals surface area (Å²) in [7, 11) is 6.42. The summed E-state index contributed by atoms with van der Waals surface area (Å²) in [5.41, 5.74) is 2.46. The Labute approximate surface area is 389 Å². The minimum atomic E-state index is -1.58. The molecule has 3 saturated heterocycles. The standard InChI is InChI=1S/C47H73N7O12/c1-15-36-47(10)40(54(45(59)66-47)50-20-18-27(3)53-24-34(49-25-53)33-17-16-19-48-23-33)29(5)37(51-61-14)26(2)22-46(9,44(58)60-13)41(30(6)38(56)31(7)42(57)64-36)65-43-39(63-32(8)55)35(52(11)12)21-28(4)62-43/h16-17,19,23-31,35-36,38-41,43,50,56H,15,18,20-22H2,1-14H3/b51-37+/t26-,27-,28+,29-,30+,31-,35-,36+,38-,39+,40-,41+,43-,46+,47-/m1/s1. The summed E-state index contributed by atoms with van der Waals surface area (Å²) in [4.78, 5) is 71.8. The number of pyridine rings is 1. The minimum Gasteiger partial charge on any atom is -0.469 e. The van der Waals surface area contributed by atoms with Gasteiger partial charge in [0.1, 0.15) is 19.3 Å². The van der Waals surface area contributed by atoms with Gasteiger partial charge in [-0.05, 0) is 92.4 Å². The molecule has 1 amide bonds. The number of likely N-dealkylation sites (N-methyl/N-ethyl adjacent to an activating group) is 1. The number of hydrazine groups is 1. The van der Waals surface area contributed by atoms with Gasteiger partial charge < -0.3 is 47.8 Å². The van der Waals surface area contributed by atoms with Gasteiger partial charge in [-0.2, -0.15) is 0 Å². The predicted octanol–water partition coefficient (Wildman–Crippen LogP) is 5.17. The Hall–Kier alpha value is -4.69. The summed E-state index contributed by atoms with van der Waals surface area (Å²) < 4.78 is 39.2. The highest BCUT2D eigenvalue weighted by Crippen LogP contribution is 2.45. The van der Waals surface area contributed by atoms with Crippen LogP contribution in [-0.4, -0.2) is 149 Å². The van der Waals surface area contributed by atoms with E-state index in [0.29, 0.717) is 25.1 Å². The minimum absolute atomic E-state index is 0.0245. The van der Waals surface area contributed by atoms with Crippen LogP contribution in [0.15, 0.2) is 42.2 Å². The van der Waals surface area contributed by atoms with Gasteiger partial charge in [0.15, 0.2) is 18.0 Å². The van der Waals surface area contributed by atoms with Crippen LogP contribution < -0.4 is 5.43 Å². The van der Waals surface area contributed by atoms with Gasteiger partial charge in [-0.25, -0.2) is 20.2 Å². The van der Waals surface area contributed by atoms with E-state index < -0.39 is 95.4 Å². The van der Waals surface area contributed by atoms with Crippen LogP contribution in [0.5, 0.6) is 0 Å². The first-order valence-electron chi connectivity index (χ1n) is 23.0. The lowest BCUT2D eigenvalue weighted by Crippen LogP contribution is -2.61. The number of carbonyl (C=O) groups is 4. The zero-order chi connectivity index (χ0) is 48.8. The third-order valence-corrected chi connectivity index (χ3v) is 13.9. The second-order valence-corrected chi connectivity index (χ2v) is 19.0. The number of amides is 1. The Morgan fingerprint density at radius 1 is 1.12 bits per heavy atom. The topological polar surface area (TPSA) is 215 Å². The van der Waals surface area contributed by atoms with E-state index >= 15 is 0 Å². The average Bonchev–Trinajstić information content (AvgIpc) is 3.88. The molecule has 0 unspecified atom stereocenters. The number of aliphatic hydroxyl groups excluding tert-OH is 1. The molecule has 3 aliphatic rings. The molecule has 5 heterocycles. The molecule has 15 atom stereocenters. The van der Waals surface area contributed by atoms with Crippen LogP contribution >= 0.6 is 0 Å². The van der Waals surface area contributed by atoms with Crippen molar-refractivity contribution in [1.82, 2.24) is 29.9 Å². The van der Waals surface area contributed by atoms with Gasteiger partial charge in [0.05, 0.1) is 60.5 Å². The van der Waals surface area contributed by atoms with Crippen molar-refractivity contribution in [1.29, 1.82) is 0 Å². The summed E-state index contributed by atoms with van der Waals surface area (Å²) in [6, 6.07) is 2.60. The van der Waals surface area contributed by atoms with Crippen LogP contribution in [-0.2, 0) is 47.6 Å². The van der Waals surface area contributed by atoms with Gasteiger partial charge in [-0.3, -0.25) is 19.4 Å². The van der Waals surface area contributed by atoms with Crippen LogP contribution in [0, 0.1) is 29.1 Å². The van der Waals surface area contributed by atoms with Gasteiger partial charge in [0, 0.05) is 55.5 Å². The highest BCUT2D eigenvalue weighted by molar-refractivity contribution is 5.91. The molecule has 19 heteroatoms. The van der Waals surface area contributed by atoms with E-state index in [1.165, 1.54) is 26.2 Å². The molecule has 66 heavy (non-hydrogen) atoms. The second-order valence-electron chi connectivity index (χ2n) is 19.0. The number of rotatable bonds is 13. The quantitative estimate of drug-likeness (QED) is 0.151. The molecule has 0 aromatic carbocycles. The van der Waals surface area contributed by atoms with Gasteiger partial charge in [-0.1, -0.05) is 32.9 Å². The highest BCUT2D eigenvalue weighted by Gasteiger charge is 2.61. The Kier molecular flexibility index (Phi) is 17.4. The van der Waals surface area contributed by atoms with Crippen LogP contribution in [0.25, 0.3) is 11.3 Å². The third kappa shape index (κ3) is 11.0. The molecule has 0 bridgehead atoms. The molecule has 2 N–H and O–H groups in total. The molecular formula is C47H73N7O12. The predicted molar refractivity (Wildman–Crippen MR) is 242 cm³/mol. The molecule has 3 fully saturated rings. The highest BCUT2D eigenvalue weighted by atomic mass is 16.7. The van der Waals surface area contributed by atoms with Crippen LogP contribution in [0.3, 0.4) is 0 Å². The zero-order valence-corrected chi connectivity index (χ0v) is 41.1. The first kappa shape index (κ1) is 52.3. The van der Waals surface area contributed by atoms with E-state index in [0.717, 1.165) is 11.3 Å². The number of cyclic esters (lactones) is 1. The maximum Gasteiger partial charge on any atom is 0.425 e. The van der Waals surface area contributed by atoms with Crippen LogP contribution in [0.2, 0.25) is 0 Å². The normalized spacial score (nSPS) is 35.6. The van der Waals surface area contributed by atoms with Crippen molar-refractivity contribution in [2.75, 3.05) is 34.9 Å².